The summed E-state index contributed by atoms with van der Waals surface area (Å²) in [5, 5.41) is 10.2. The third-order valence-corrected chi connectivity index (χ3v) is 5.45. The number of piperidine rings is 1. The first-order valence-electron chi connectivity index (χ1n) is 10.3. The molecule has 0 aromatic carbocycles. The molecule has 2 N–H and O–H groups in total. The van der Waals surface area contributed by atoms with Crippen molar-refractivity contribution in [2.75, 3.05) is 39.3 Å². The van der Waals surface area contributed by atoms with Gasteiger partial charge in [-0.15, -0.1) is 0 Å². The van der Waals surface area contributed by atoms with Crippen LogP contribution >= 0.6 is 0 Å². The fourth-order valence-corrected chi connectivity index (χ4v) is 3.98. The zero-order valence-electron chi connectivity index (χ0n) is 16.4. The lowest BCUT2D eigenvalue weighted by atomic mass is 9.97. The Bertz CT molecular complexity index is 631. The van der Waals surface area contributed by atoms with Crippen molar-refractivity contribution < 1.29 is 9.59 Å². The van der Waals surface area contributed by atoms with Crippen LogP contribution in [-0.4, -0.2) is 76.1 Å². The third kappa shape index (κ3) is 6.02. The summed E-state index contributed by atoms with van der Waals surface area (Å²) in [7, 11) is 0. The van der Waals surface area contributed by atoms with Gasteiger partial charge in [-0.05, 0) is 45.6 Å². The summed E-state index contributed by atoms with van der Waals surface area (Å²) in [6.45, 7) is 6.33. The van der Waals surface area contributed by atoms with Crippen molar-refractivity contribution in [3.8, 4) is 0 Å². The fourth-order valence-electron chi connectivity index (χ4n) is 3.98. The number of likely N-dealkylation sites (tertiary alicyclic amines) is 2. The summed E-state index contributed by atoms with van der Waals surface area (Å²) in [5.41, 5.74) is 0. The molecule has 1 aromatic heterocycles. The lowest BCUT2D eigenvalue weighted by molar-refractivity contribution is -0.130. The molecule has 2 aliphatic heterocycles. The number of amides is 2. The largest absolute Gasteiger partial charge is 0.355 e. The number of H-pyrrole nitrogens is 1. The Kier molecular flexibility index (Phi) is 7.20. The second kappa shape index (κ2) is 9.82. The van der Waals surface area contributed by atoms with E-state index in [9.17, 15) is 9.59 Å². The quantitative estimate of drug-likeness (QED) is 0.698. The number of aromatic nitrogens is 3. The van der Waals surface area contributed by atoms with Crippen molar-refractivity contribution in [3.05, 3.63) is 11.6 Å². The molecule has 0 bridgehead atoms. The second-order valence-electron chi connectivity index (χ2n) is 7.75. The van der Waals surface area contributed by atoms with Crippen LogP contribution in [0.1, 0.15) is 62.5 Å². The van der Waals surface area contributed by atoms with E-state index in [1.165, 1.54) is 0 Å². The van der Waals surface area contributed by atoms with Crippen LogP contribution in [0.15, 0.2) is 0 Å². The van der Waals surface area contributed by atoms with E-state index < -0.39 is 0 Å². The van der Waals surface area contributed by atoms with Gasteiger partial charge in [0.15, 0.2) is 5.82 Å². The molecule has 3 heterocycles. The van der Waals surface area contributed by atoms with E-state index >= 15 is 0 Å². The average Bonchev–Trinajstić information content (AvgIpc) is 2.99. The number of carbonyl (C=O) groups excluding carboxylic acids is 2. The molecule has 3 rings (SSSR count). The molecule has 0 spiro atoms. The van der Waals surface area contributed by atoms with E-state index in [4.69, 9.17) is 0 Å². The van der Waals surface area contributed by atoms with Crippen LogP contribution in [0, 0.1) is 6.92 Å². The zero-order chi connectivity index (χ0) is 19.1. The molecule has 27 heavy (non-hydrogen) atoms. The Hall–Kier alpha value is -1.96. The maximum Gasteiger partial charge on any atom is 0.234 e. The summed E-state index contributed by atoms with van der Waals surface area (Å²) in [6, 6.07) is 0. The van der Waals surface area contributed by atoms with E-state index in [0.717, 1.165) is 76.4 Å². The van der Waals surface area contributed by atoms with Gasteiger partial charge in [-0.1, -0.05) is 6.42 Å². The molecule has 8 nitrogen and oxygen atoms in total. The third-order valence-electron chi connectivity index (χ3n) is 5.45. The SMILES string of the molecule is Cc1nc([C@H]2CCCN(CC(=O)NCCCN3CCCCCC3=O)C2)n[nH]1. The molecule has 2 saturated heterocycles. The lowest BCUT2D eigenvalue weighted by Gasteiger charge is -2.30. The van der Waals surface area contributed by atoms with Crippen molar-refractivity contribution >= 4 is 11.8 Å². The van der Waals surface area contributed by atoms with Crippen molar-refractivity contribution in [3.63, 3.8) is 0 Å². The normalized spacial score (nSPS) is 21.9. The smallest absolute Gasteiger partial charge is 0.234 e. The van der Waals surface area contributed by atoms with Gasteiger partial charge in [0, 0.05) is 38.5 Å². The Balaban J connectivity index is 1.34. The highest BCUT2D eigenvalue weighted by Crippen LogP contribution is 2.24. The van der Waals surface area contributed by atoms with Gasteiger partial charge in [0.2, 0.25) is 11.8 Å². The highest BCUT2D eigenvalue weighted by atomic mass is 16.2. The summed E-state index contributed by atoms with van der Waals surface area (Å²) in [6.07, 6.45) is 6.86. The fraction of sp³-hybridized carbons (Fsp3) is 0.789. The van der Waals surface area contributed by atoms with Crippen molar-refractivity contribution in [2.24, 2.45) is 0 Å². The van der Waals surface area contributed by atoms with Crippen LogP contribution in [0.5, 0.6) is 0 Å². The van der Waals surface area contributed by atoms with E-state index in [1.54, 1.807) is 0 Å². The molecule has 0 radical (unpaired) electrons. The van der Waals surface area contributed by atoms with Crippen LogP contribution < -0.4 is 5.32 Å². The molecular weight excluding hydrogens is 344 g/mol. The molecular formula is C19H32N6O2. The van der Waals surface area contributed by atoms with E-state index in [2.05, 4.69) is 25.4 Å². The number of nitrogens with zero attached hydrogens (tertiary/aromatic N) is 4. The number of hydrogen-bond acceptors (Lipinski definition) is 5. The minimum atomic E-state index is 0.0593. The summed E-state index contributed by atoms with van der Waals surface area (Å²) >= 11 is 0. The molecule has 1 atom stereocenters. The molecule has 8 heteroatoms. The zero-order valence-corrected chi connectivity index (χ0v) is 16.4. The first kappa shape index (κ1) is 19.8. The highest BCUT2D eigenvalue weighted by molar-refractivity contribution is 5.78. The van der Waals surface area contributed by atoms with Crippen LogP contribution in [0.3, 0.4) is 0 Å². The van der Waals surface area contributed by atoms with Crippen molar-refractivity contribution in [2.45, 2.75) is 57.8 Å². The Morgan fingerprint density at radius 1 is 1.26 bits per heavy atom. The van der Waals surface area contributed by atoms with Gasteiger partial charge in [0.05, 0.1) is 6.54 Å². The number of aryl methyl sites for hydroxylation is 1. The predicted molar refractivity (Wildman–Crippen MR) is 102 cm³/mol. The van der Waals surface area contributed by atoms with Gasteiger partial charge in [-0.3, -0.25) is 19.6 Å². The van der Waals surface area contributed by atoms with Crippen LogP contribution in [-0.2, 0) is 9.59 Å². The highest BCUT2D eigenvalue weighted by Gasteiger charge is 2.25. The maximum absolute atomic E-state index is 12.3. The maximum atomic E-state index is 12.3. The lowest BCUT2D eigenvalue weighted by Crippen LogP contribution is -2.42. The minimum absolute atomic E-state index is 0.0593. The standard InChI is InChI=1S/C19H32N6O2/c1-15-21-19(23-22-15)16-7-5-10-24(13-16)14-17(26)20-9-6-12-25-11-4-2-3-8-18(25)27/h16H,2-14H2,1H3,(H,20,26)(H,21,22,23)/t16-/m0/s1. The van der Waals surface area contributed by atoms with Crippen molar-refractivity contribution in [1.82, 2.24) is 30.3 Å². The van der Waals surface area contributed by atoms with Gasteiger partial charge in [0.25, 0.3) is 0 Å². The van der Waals surface area contributed by atoms with Gasteiger partial charge >= 0.3 is 0 Å². The molecule has 2 fully saturated rings. The Morgan fingerprint density at radius 2 is 2.15 bits per heavy atom. The van der Waals surface area contributed by atoms with E-state index in [1.807, 2.05) is 11.8 Å². The van der Waals surface area contributed by atoms with Gasteiger partial charge < -0.3 is 10.2 Å². The van der Waals surface area contributed by atoms with Crippen molar-refractivity contribution in [1.29, 1.82) is 0 Å². The monoisotopic (exact) mass is 376 g/mol. The van der Waals surface area contributed by atoms with Crippen LogP contribution in [0.25, 0.3) is 0 Å². The Labute approximate surface area is 161 Å². The predicted octanol–water partition coefficient (Wildman–Crippen LogP) is 1.20. The van der Waals surface area contributed by atoms with Crippen LogP contribution in [0.4, 0.5) is 0 Å². The average molecular weight is 377 g/mol. The molecule has 0 unspecified atom stereocenters. The summed E-state index contributed by atoms with van der Waals surface area (Å²) < 4.78 is 0. The number of aromatic amines is 1. The summed E-state index contributed by atoms with van der Waals surface area (Å²) in [5.74, 6) is 2.32. The minimum Gasteiger partial charge on any atom is -0.355 e. The molecule has 2 amide bonds. The van der Waals surface area contributed by atoms with E-state index in [0.29, 0.717) is 25.4 Å². The van der Waals surface area contributed by atoms with E-state index in [-0.39, 0.29) is 11.8 Å². The second-order valence-corrected chi connectivity index (χ2v) is 7.75. The Morgan fingerprint density at radius 3 is 2.96 bits per heavy atom. The number of hydrogen-bond donors (Lipinski definition) is 2. The molecule has 1 aromatic rings. The number of carbonyl (C=O) groups is 2. The summed E-state index contributed by atoms with van der Waals surface area (Å²) in [4.78, 5) is 32.8. The van der Waals surface area contributed by atoms with Gasteiger partial charge in [-0.2, -0.15) is 5.10 Å². The molecule has 0 aliphatic carbocycles. The molecule has 150 valence electrons. The van der Waals surface area contributed by atoms with Gasteiger partial charge in [0.1, 0.15) is 5.82 Å². The number of rotatable bonds is 7. The first-order valence-corrected chi connectivity index (χ1v) is 10.3. The van der Waals surface area contributed by atoms with Gasteiger partial charge in [-0.25, -0.2) is 4.98 Å². The molecule has 0 saturated carbocycles. The first-order chi connectivity index (χ1) is 13.1. The van der Waals surface area contributed by atoms with Crippen LogP contribution in [0.2, 0.25) is 0 Å². The number of nitrogens with one attached hydrogen (secondary N) is 2. The molecule has 2 aliphatic rings. The topological polar surface area (TPSA) is 94.2 Å².